The van der Waals surface area contributed by atoms with Crippen molar-refractivity contribution in [3.05, 3.63) is 158 Å². The van der Waals surface area contributed by atoms with E-state index in [-0.39, 0.29) is 25.2 Å². The van der Waals surface area contributed by atoms with Crippen LogP contribution in [0.4, 0.5) is 0 Å². The molecule has 0 fully saturated rings. The normalized spacial score (nSPS) is 13.1. The summed E-state index contributed by atoms with van der Waals surface area (Å²) in [7, 11) is 0. The fourth-order valence-electron chi connectivity index (χ4n) is 10.7. The third kappa shape index (κ3) is 76.0. The highest BCUT2D eigenvalue weighted by atomic mass is 16.6. The van der Waals surface area contributed by atoms with Gasteiger partial charge in [0.15, 0.2) is 6.10 Å². The van der Waals surface area contributed by atoms with Crippen molar-refractivity contribution >= 4 is 11.9 Å². The first-order valence-electron chi connectivity index (χ1n) is 38.0. The van der Waals surface area contributed by atoms with Crippen LogP contribution in [0.1, 0.15) is 348 Å². The Morgan fingerprint density at radius 3 is 0.667 bits per heavy atom. The maximum Gasteiger partial charge on any atom is 0.306 e. The van der Waals surface area contributed by atoms with Crippen LogP contribution >= 0.6 is 0 Å². The minimum atomic E-state index is -0.780. The number of esters is 2. The van der Waals surface area contributed by atoms with E-state index in [0.717, 1.165) is 122 Å². The number of rotatable bonds is 69. The van der Waals surface area contributed by atoms with E-state index in [9.17, 15) is 14.7 Å². The Hall–Kier alpha value is -4.48. The van der Waals surface area contributed by atoms with Crippen molar-refractivity contribution in [2.24, 2.45) is 0 Å². The summed E-state index contributed by atoms with van der Waals surface area (Å²) >= 11 is 0. The summed E-state index contributed by atoms with van der Waals surface area (Å²) in [5, 5.41) is 9.73. The van der Waals surface area contributed by atoms with Crippen LogP contribution in [0.2, 0.25) is 0 Å². The van der Waals surface area contributed by atoms with Gasteiger partial charge in [0.05, 0.1) is 6.61 Å². The first kappa shape index (κ1) is 85.5. The lowest BCUT2D eigenvalue weighted by Crippen LogP contribution is -2.28. The van der Waals surface area contributed by atoms with Gasteiger partial charge in [0, 0.05) is 12.8 Å². The third-order valence-corrected chi connectivity index (χ3v) is 16.3. The highest BCUT2D eigenvalue weighted by Gasteiger charge is 2.16. The summed E-state index contributed by atoms with van der Waals surface area (Å²) in [5.41, 5.74) is 0. The van der Waals surface area contributed by atoms with Crippen molar-refractivity contribution in [2.75, 3.05) is 13.2 Å². The zero-order valence-corrected chi connectivity index (χ0v) is 58.9. The lowest BCUT2D eigenvalue weighted by molar-refractivity contribution is -0.161. The zero-order chi connectivity index (χ0) is 64.7. The molecule has 0 bridgehead atoms. The largest absolute Gasteiger partial charge is 0.462 e. The summed E-state index contributed by atoms with van der Waals surface area (Å²) < 4.78 is 10.8. The van der Waals surface area contributed by atoms with Gasteiger partial charge in [-0.3, -0.25) is 9.59 Å². The molecule has 0 radical (unpaired) electrons. The maximum absolute atomic E-state index is 12.4. The second-order valence-corrected chi connectivity index (χ2v) is 25.0. The molecule has 0 aromatic carbocycles. The molecule has 0 aromatic heterocycles. The minimum absolute atomic E-state index is 0.0683. The zero-order valence-electron chi connectivity index (χ0n) is 58.9. The molecule has 0 aliphatic carbocycles. The predicted octanol–water partition coefficient (Wildman–Crippen LogP) is 27.0. The summed E-state index contributed by atoms with van der Waals surface area (Å²) in [4.78, 5) is 24.7. The molecule has 0 saturated heterocycles. The van der Waals surface area contributed by atoms with Crippen LogP contribution in [-0.2, 0) is 19.1 Å². The minimum Gasteiger partial charge on any atom is -0.462 e. The molecule has 5 nitrogen and oxygen atoms in total. The molecule has 512 valence electrons. The van der Waals surface area contributed by atoms with E-state index in [1.54, 1.807) is 0 Å². The van der Waals surface area contributed by atoms with Crippen LogP contribution in [0.3, 0.4) is 0 Å². The standard InChI is InChI=1S/C85H142O5/c1-3-5-7-9-11-13-15-17-19-21-23-25-27-29-31-33-35-37-39-41-42-44-46-48-50-52-54-56-58-60-62-64-66-68-70-72-74-76-78-80-85(88)90-83(81-86)82-89-84(87)79-77-75-73-71-69-67-65-63-61-59-57-55-53-51-49-47-45-43-40-38-36-34-32-30-28-26-24-22-20-18-16-14-12-10-8-6-4-2/h5-8,11-14,17-20,23-26,29-32,35-38,41-42,83,86H,3-4,9-10,15-16,21-22,27-28,33-34,39-40,43-82H2,1-2H3/b7-5-,8-6-,13-11-,14-12-,19-17-,20-18-,25-23-,26-24-,31-29-,32-30-,37-35-,38-36-,42-41-. The number of aliphatic hydroxyl groups excluding tert-OH is 1. The van der Waals surface area contributed by atoms with Gasteiger partial charge in [-0.2, -0.15) is 0 Å². The van der Waals surface area contributed by atoms with Crippen LogP contribution in [0.25, 0.3) is 0 Å². The molecular formula is C85H142O5. The summed E-state index contributed by atoms with van der Waals surface area (Å²) in [6.45, 7) is 3.94. The van der Waals surface area contributed by atoms with E-state index in [2.05, 4.69) is 172 Å². The van der Waals surface area contributed by atoms with E-state index in [0.29, 0.717) is 12.8 Å². The molecule has 90 heavy (non-hydrogen) atoms. The van der Waals surface area contributed by atoms with Crippen LogP contribution in [0, 0.1) is 0 Å². The first-order valence-corrected chi connectivity index (χ1v) is 38.0. The molecule has 1 unspecified atom stereocenters. The van der Waals surface area contributed by atoms with Gasteiger partial charge < -0.3 is 14.6 Å². The number of carbonyl (C=O) groups is 2. The molecule has 0 aromatic rings. The predicted molar refractivity (Wildman–Crippen MR) is 398 cm³/mol. The summed E-state index contributed by atoms with van der Waals surface area (Å²) in [6, 6.07) is 0. The van der Waals surface area contributed by atoms with Gasteiger partial charge >= 0.3 is 11.9 Å². The highest BCUT2D eigenvalue weighted by molar-refractivity contribution is 5.70. The van der Waals surface area contributed by atoms with E-state index in [1.165, 1.54) is 199 Å². The second-order valence-electron chi connectivity index (χ2n) is 25.0. The van der Waals surface area contributed by atoms with Crippen LogP contribution in [-0.4, -0.2) is 36.4 Å². The maximum atomic E-state index is 12.4. The number of allylic oxidation sites excluding steroid dienone is 26. The monoisotopic (exact) mass is 1240 g/mol. The molecular weight excluding hydrogens is 1100 g/mol. The lowest BCUT2D eigenvalue weighted by atomic mass is 10.0. The lowest BCUT2D eigenvalue weighted by Gasteiger charge is -2.15. The molecule has 0 amide bonds. The number of ether oxygens (including phenoxy) is 2. The van der Waals surface area contributed by atoms with Gasteiger partial charge in [-0.1, -0.05) is 371 Å². The molecule has 0 heterocycles. The van der Waals surface area contributed by atoms with Crippen molar-refractivity contribution < 1.29 is 24.2 Å². The fraction of sp³-hybridized carbons (Fsp3) is 0.671. The van der Waals surface area contributed by atoms with E-state index < -0.39 is 6.10 Å². The Kier molecular flexibility index (Phi) is 74.8. The van der Waals surface area contributed by atoms with E-state index in [1.807, 2.05) is 0 Å². The molecule has 1 atom stereocenters. The number of hydrogen-bond donors (Lipinski definition) is 1. The van der Waals surface area contributed by atoms with Gasteiger partial charge in [-0.05, 0) is 122 Å². The average molecular weight is 1240 g/mol. The van der Waals surface area contributed by atoms with E-state index >= 15 is 0 Å². The smallest absolute Gasteiger partial charge is 0.306 e. The molecule has 0 aliphatic heterocycles. The molecule has 0 saturated carbocycles. The quantitative estimate of drug-likeness (QED) is 0.0373. The van der Waals surface area contributed by atoms with Crippen LogP contribution < -0.4 is 0 Å². The summed E-state index contributed by atoms with van der Waals surface area (Å²) in [6.07, 6.45) is 120. The first-order chi connectivity index (χ1) is 44.6. The molecule has 0 aliphatic rings. The van der Waals surface area contributed by atoms with Crippen molar-refractivity contribution in [1.82, 2.24) is 0 Å². The van der Waals surface area contributed by atoms with Gasteiger partial charge in [0.25, 0.3) is 0 Å². The molecule has 5 heteroatoms. The van der Waals surface area contributed by atoms with Crippen LogP contribution in [0.15, 0.2) is 158 Å². The topological polar surface area (TPSA) is 72.8 Å². The Morgan fingerprint density at radius 2 is 0.444 bits per heavy atom. The number of carbonyl (C=O) groups excluding carboxylic acids is 2. The van der Waals surface area contributed by atoms with Crippen LogP contribution in [0.5, 0.6) is 0 Å². The van der Waals surface area contributed by atoms with Gasteiger partial charge in [0.2, 0.25) is 0 Å². The Morgan fingerprint density at radius 1 is 0.256 bits per heavy atom. The van der Waals surface area contributed by atoms with Gasteiger partial charge in [-0.25, -0.2) is 0 Å². The molecule has 0 spiro atoms. The Labute approximate surface area is 558 Å². The fourth-order valence-corrected chi connectivity index (χ4v) is 10.7. The van der Waals surface area contributed by atoms with Gasteiger partial charge in [0.1, 0.15) is 6.61 Å². The number of unbranched alkanes of at least 4 members (excludes halogenated alkanes) is 35. The van der Waals surface area contributed by atoms with Crippen molar-refractivity contribution in [1.29, 1.82) is 0 Å². The summed E-state index contributed by atoms with van der Waals surface area (Å²) in [5.74, 6) is -0.581. The number of aliphatic hydroxyl groups is 1. The van der Waals surface area contributed by atoms with Crippen molar-refractivity contribution in [3.63, 3.8) is 0 Å². The molecule has 0 rings (SSSR count). The average Bonchev–Trinajstić information content (AvgIpc) is 3.59. The van der Waals surface area contributed by atoms with Gasteiger partial charge in [-0.15, -0.1) is 0 Å². The highest BCUT2D eigenvalue weighted by Crippen LogP contribution is 2.18. The number of hydrogen-bond acceptors (Lipinski definition) is 5. The third-order valence-electron chi connectivity index (χ3n) is 16.3. The van der Waals surface area contributed by atoms with E-state index in [4.69, 9.17) is 9.47 Å². The van der Waals surface area contributed by atoms with Crippen molar-refractivity contribution in [2.45, 2.75) is 354 Å². The SMILES string of the molecule is CC/C=C\C/C=C\C/C=C\C/C=C\C/C=C\C/C=C\C/C=C\CCCCCCCCCCCCCCCCCCCC(=O)OC(CO)COC(=O)CCCCCCCCCCCCCCCCCCCC/C=C\C/C=C\C/C=C\C/C=C\C/C=C\C/C=C\CC. The molecule has 1 N–H and O–H groups in total. The Balaban J connectivity index is 3.47. The second kappa shape index (κ2) is 78.8. The Bertz CT molecular complexity index is 1900. The van der Waals surface area contributed by atoms with Crippen molar-refractivity contribution in [3.8, 4) is 0 Å².